The molecular formula is C24H19Cl2N3O2. The summed E-state index contributed by atoms with van der Waals surface area (Å²) in [5.74, 6) is -0.444. The van der Waals surface area contributed by atoms with Crippen molar-refractivity contribution in [1.82, 2.24) is 14.8 Å². The van der Waals surface area contributed by atoms with E-state index >= 15 is 0 Å². The number of carbonyl (C=O) groups is 2. The van der Waals surface area contributed by atoms with Crippen LogP contribution in [0.4, 0.5) is 0 Å². The van der Waals surface area contributed by atoms with Crippen LogP contribution in [0.3, 0.4) is 0 Å². The lowest BCUT2D eigenvalue weighted by atomic mass is 10.1. The van der Waals surface area contributed by atoms with Gasteiger partial charge in [-0.15, -0.1) is 0 Å². The first-order valence-corrected chi connectivity index (χ1v) is 10.4. The van der Waals surface area contributed by atoms with E-state index in [-0.39, 0.29) is 18.4 Å². The summed E-state index contributed by atoms with van der Waals surface area (Å²) < 4.78 is 0. The van der Waals surface area contributed by atoms with E-state index in [0.717, 1.165) is 16.8 Å². The maximum absolute atomic E-state index is 13.3. The Kier molecular flexibility index (Phi) is 6.07. The van der Waals surface area contributed by atoms with Gasteiger partial charge in [0.25, 0.3) is 5.91 Å². The summed E-state index contributed by atoms with van der Waals surface area (Å²) in [4.78, 5) is 33.5. The summed E-state index contributed by atoms with van der Waals surface area (Å²) in [6, 6.07) is 18.0. The first-order chi connectivity index (χ1) is 14.9. The number of rotatable bonds is 6. The second-order valence-corrected chi connectivity index (χ2v) is 8.02. The van der Waals surface area contributed by atoms with E-state index in [1.54, 1.807) is 35.4 Å². The average molecular weight is 452 g/mol. The molecule has 1 aromatic heterocycles. The number of aromatic nitrogens is 1. The SMILES string of the molecule is C=C1c2ccccc2C(=O)N1CC(=O)N(Cc1ccc(Cl)c(Cl)c1)Cc1ccccn1. The highest BCUT2D eigenvalue weighted by Crippen LogP contribution is 2.31. The van der Waals surface area contributed by atoms with Gasteiger partial charge in [0.05, 0.1) is 22.3 Å². The van der Waals surface area contributed by atoms with Crippen molar-refractivity contribution in [3.05, 3.63) is 106 Å². The number of carbonyl (C=O) groups excluding carboxylic acids is 2. The third-order valence-electron chi connectivity index (χ3n) is 5.12. The molecule has 0 N–H and O–H groups in total. The van der Waals surface area contributed by atoms with E-state index in [1.807, 2.05) is 36.4 Å². The van der Waals surface area contributed by atoms with Gasteiger partial charge in [-0.3, -0.25) is 19.5 Å². The summed E-state index contributed by atoms with van der Waals surface area (Å²) in [7, 11) is 0. The van der Waals surface area contributed by atoms with Gasteiger partial charge in [-0.05, 0) is 35.9 Å². The standard InChI is InChI=1S/C24H19Cl2N3O2/c1-16-19-7-2-3-8-20(19)24(31)29(16)15-23(30)28(14-18-6-4-5-11-27-18)13-17-9-10-21(25)22(26)12-17/h2-12H,1,13-15H2. The fourth-order valence-corrected chi connectivity index (χ4v) is 3.84. The number of pyridine rings is 1. The minimum absolute atomic E-state index is 0.111. The normalized spacial score (nSPS) is 12.8. The zero-order chi connectivity index (χ0) is 22.0. The Hall–Kier alpha value is -3.15. The van der Waals surface area contributed by atoms with Crippen molar-refractivity contribution in [2.24, 2.45) is 0 Å². The Labute approximate surface area is 190 Å². The Morgan fingerprint density at radius 3 is 2.39 bits per heavy atom. The quantitative estimate of drug-likeness (QED) is 0.527. The molecule has 0 unspecified atom stereocenters. The molecule has 2 amide bonds. The molecule has 1 aliphatic heterocycles. The third kappa shape index (κ3) is 4.48. The smallest absolute Gasteiger partial charge is 0.259 e. The molecule has 156 valence electrons. The minimum atomic E-state index is -0.223. The summed E-state index contributed by atoms with van der Waals surface area (Å²) in [5, 5.41) is 0.868. The van der Waals surface area contributed by atoms with Crippen LogP contribution in [0.2, 0.25) is 10.0 Å². The molecule has 0 saturated carbocycles. The van der Waals surface area contributed by atoms with Gasteiger partial charge in [-0.2, -0.15) is 0 Å². The van der Waals surface area contributed by atoms with Crippen LogP contribution < -0.4 is 0 Å². The van der Waals surface area contributed by atoms with Crippen LogP contribution in [0, 0.1) is 0 Å². The van der Waals surface area contributed by atoms with Gasteiger partial charge in [-0.1, -0.05) is 60.1 Å². The van der Waals surface area contributed by atoms with Crippen molar-refractivity contribution in [3.8, 4) is 0 Å². The van der Waals surface area contributed by atoms with E-state index in [4.69, 9.17) is 23.2 Å². The van der Waals surface area contributed by atoms with Crippen molar-refractivity contribution in [2.75, 3.05) is 6.54 Å². The predicted octanol–water partition coefficient (Wildman–Crippen LogP) is 5.04. The van der Waals surface area contributed by atoms with Crippen LogP contribution in [0.1, 0.15) is 27.2 Å². The fourth-order valence-electron chi connectivity index (χ4n) is 3.51. The molecule has 0 spiro atoms. The highest BCUT2D eigenvalue weighted by atomic mass is 35.5. The molecule has 7 heteroatoms. The monoisotopic (exact) mass is 451 g/mol. The van der Waals surface area contributed by atoms with E-state index in [0.29, 0.717) is 34.4 Å². The van der Waals surface area contributed by atoms with Gasteiger partial charge >= 0.3 is 0 Å². The highest BCUT2D eigenvalue weighted by Gasteiger charge is 2.33. The first kappa shape index (κ1) is 21.1. The molecule has 5 nitrogen and oxygen atoms in total. The van der Waals surface area contributed by atoms with Crippen LogP contribution >= 0.6 is 23.2 Å². The second kappa shape index (κ2) is 8.92. The molecule has 31 heavy (non-hydrogen) atoms. The Bertz CT molecular complexity index is 1130. The van der Waals surface area contributed by atoms with Crippen LogP contribution in [-0.2, 0) is 17.9 Å². The first-order valence-electron chi connectivity index (χ1n) is 9.66. The minimum Gasteiger partial charge on any atom is -0.331 e. The van der Waals surface area contributed by atoms with Gasteiger partial charge in [-0.25, -0.2) is 0 Å². The molecule has 3 aromatic rings. The molecule has 2 aromatic carbocycles. The molecule has 0 bridgehead atoms. The van der Waals surface area contributed by atoms with Crippen molar-refractivity contribution in [1.29, 1.82) is 0 Å². The number of hydrogen-bond donors (Lipinski definition) is 0. The van der Waals surface area contributed by atoms with E-state index in [9.17, 15) is 9.59 Å². The number of hydrogen-bond acceptors (Lipinski definition) is 3. The molecule has 2 heterocycles. The number of halogens is 2. The van der Waals surface area contributed by atoms with Crippen LogP contribution in [0.5, 0.6) is 0 Å². The van der Waals surface area contributed by atoms with Crippen molar-refractivity contribution in [2.45, 2.75) is 13.1 Å². The van der Waals surface area contributed by atoms with Crippen LogP contribution in [-0.4, -0.2) is 33.1 Å². The highest BCUT2D eigenvalue weighted by molar-refractivity contribution is 6.42. The van der Waals surface area contributed by atoms with Crippen LogP contribution in [0.15, 0.2) is 73.4 Å². The topological polar surface area (TPSA) is 53.5 Å². The van der Waals surface area contributed by atoms with Crippen molar-refractivity contribution in [3.63, 3.8) is 0 Å². The summed E-state index contributed by atoms with van der Waals surface area (Å²) >= 11 is 12.2. The molecule has 0 saturated heterocycles. The number of fused-ring (bicyclic) bond motifs is 1. The van der Waals surface area contributed by atoms with E-state index in [1.165, 1.54) is 4.90 Å². The number of nitrogens with zero attached hydrogens (tertiary/aromatic N) is 3. The summed E-state index contributed by atoms with van der Waals surface area (Å²) in [5.41, 5.74) is 3.41. The number of benzene rings is 2. The molecule has 0 aliphatic carbocycles. The number of amides is 2. The summed E-state index contributed by atoms with van der Waals surface area (Å²) in [6.07, 6.45) is 1.68. The third-order valence-corrected chi connectivity index (χ3v) is 5.86. The Morgan fingerprint density at radius 1 is 0.968 bits per heavy atom. The van der Waals surface area contributed by atoms with Gasteiger partial charge in [0.2, 0.25) is 5.91 Å². The largest absolute Gasteiger partial charge is 0.331 e. The molecule has 0 atom stereocenters. The van der Waals surface area contributed by atoms with Gasteiger partial charge in [0, 0.05) is 29.6 Å². The fraction of sp³-hybridized carbons (Fsp3) is 0.125. The predicted molar refractivity (Wildman–Crippen MR) is 121 cm³/mol. The summed E-state index contributed by atoms with van der Waals surface area (Å²) in [6.45, 7) is 4.50. The lowest BCUT2D eigenvalue weighted by molar-refractivity contribution is -0.132. The molecule has 1 aliphatic rings. The molecule has 0 fully saturated rings. The molecular weight excluding hydrogens is 433 g/mol. The van der Waals surface area contributed by atoms with E-state index in [2.05, 4.69) is 11.6 Å². The zero-order valence-electron chi connectivity index (χ0n) is 16.6. The van der Waals surface area contributed by atoms with Crippen molar-refractivity contribution >= 4 is 40.7 Å². The zero-order valence-corrected chi connectivity index (χ0v) is 18.1. The Morgan fingerprint density at radius 2 is 1.71 bits per heavy atom. The van der Waals surface area contributed by atoms with Gasteiger partial charge in [0.1, 0.15) is 6.54 Å². The second-order valence-electron chi connectivity index (χ2n) is 7.20. The van der Waals surface area contributed by atoms with Gasteiger partial charge < -0.3 is 4.90 Å². The van der Waals surface area contributed by atoms with Gasteiger partial charge in [0.15, 0.2) is 0 Å². The Balaban J connectivity index is 1.57. The van der Waals surface area contributed by atoms with E-state index < -0.39 is 0 Å². The lowest BCUT2D eigenvalue weighted by Crippen LogP contribution is -2.39. The maximum atomic E-state index is 13.3. The average Bonchev–Trinajstić information content (AvgIpc) is 3.01. The maximum Gasteiger partial charge on any atom is 0.259 e. The lowest BCUT2D eigenvalue weighted by Gasteiger charge is -2.26. The van der Waals surface area contributed by atoms with Crippen molar-refractivity contribution < 1.29 is 9.59 Å². The molecule has 0 radical (unpaired) electrons. The molecule has 4 rings (SSSR count). The van der Waals surface area contributed by atoms with Crippen LogP contribution in [0.25, 0.3) is 5.70 Å².